The standard InChI is InChI=1S/C26H22F3N7O3/c1-13-21(11-36-20-6-16(27)5-19(29)24(20)39-14(2)25(36)38)35-10-17(18(28)7-22(35)33-13)15-8-31-26(32-9-15)34-4-3-30-23(37)12-34/h5-10,14H,3-4,11-12H2,1-2H3,(H,30,37)/t14-/m1/s1. The summed E-state index contributed by atoms with van der Waals surface area (Å²) in [7, 11) is 0. The third kappa shape index (κ3) is 4.29. The Morgan fingerprint density at radius 3 is 2.62 bits per heavy atom. The van der Waals surface area contributed by atoms with E-state index in [0.717, 1.165) is 6.07 Å². The molecule has 0 radical (unpaired) electrons. The summed E-state index contributed by atoms with van der Waals surface area (Å²) in [4.78, 5) is 40.7. The highest BCUT2D eigenvalue weighted by atomic mass is 19.1. The van der Waals surface area contributed by atoms with Crippen molar-refractivity contribution in [1.82, 2.24) is 24.7 Å². The molecule has 2 aliphatic heterocycles. The summed E-state index contributed by atoms with van der Waals surface area (Å²) in [5.41, 5.74) is 1.85. The van der Waals surface area contributed by atoms with Gasteiger partial charge < -0.3 is 19.4 Å². The number of aryl methyl sites for hydroxylation is 1. The molecule has 5 heterocycles. The van der Waals surface area contributed by atoms with Crippen molar-refractivity contribution in [2.24, 2.45) is 0 Å². The fourth-order valence-corrected chi connectivity index (χ4v) is 4.81. The molecule has 2 aliphatic rings. The van der Waals surface area contributed by atoms with Gasteiger partial charge in [-0.1, -0.05) is 0 Å². The zero-order valence-corrected chi connectivity index (χ0v) is 20.9. The Morgan fingerprint density at radius 1 is 1.10 bits per heavy atom. The molecule has 6 rings (SSSR count). The van der Waals surface area contributed by atoms with Crippen LogP contribution < -0.4 is 19.9 Å². The summed E-state index contributed by atoms with van der Waals surface area (Å²) in [5, 5.41) is 2.73. The number of amides is 2. The Bertz CT molecular complexity index is 1640. The fraction of sp³-hybridized carbons (Fsp3) is 0.269. The molecule has 0 spiro atoms. The number of nitrogens with one attached hydrogen (secondary N) is 1. The number of piperazine rings is 1. The molecule has 39 heavy (non-hydrogen) atoms. The highest BCUT2D eigenvalue weighted by Crippen LogP contribution is 2.38. The molecule has 3 aromatic heterocycles. The molecule has 0 unspecified atom stereocenters. The quantitative estimate of drug-likeness (QED) is 0.427. The number of aromatic nitrogens is 4. The highest BCUT2D eigenvalue weighted by Gasteiger charge is 2.35. The van der Waals surface area contributed by atoms with Gasteiger partial charge in [-0.15, -0.1) is 0 Å². The van der Waals surface area contributed by atoms with E-state index in [0.29, 0.717) is 47.7 Å². The molecular weight excluding hydrogens is 515 g/mol. The van der Waals surface area contributed by atoms with Crippen LogP contribution in [0.25, 0.3) is 16.8 Å². The lowest BCUT2D eigenvalue weighted by Crippen LogP contribution is -2.48. The second kappa shape index (κ2) is 9.26. The van der Waals surface area contributed by atoms with Crippen LogP contribution in [0.1, 0.15) is 18.3 Å². The van der Waals surface area contributed by atoms with E-state index in [2.05, 4.69) is 20.3 Å². The Balaban J connectivity index is 1.38. The third-order valence-electron chi connectivity index (χ3n) is 6.78. The van der Waals surface area contributed by atoms with E-state index in [-0.39, 0.29) is 36.0 Å². The summed E-state index contributed by atoms with van der Waals surface area (Å²) < 4.78 is 50.8. The van der Waals surface area contributed by atoms with E-state index in [1.54, 1.807) is 16.2 Å². The average Bonchev–Trinajstić information content (AvgIpc) is 3.20. The van der Waals surface area contributed by atoms with Crippen LogP contribution in [-0.2, 0) is 16.1 Å². The van der Waals surface area contributed by atoms with Gasteiger partial charge in [0.1, 0.15) is 17.3 Å². The van der Waals surface area contributed by atoms with E-state index in [1.165, 1.54) is 36.5 Å². The first-order valence-electron chi connectivity index (χ1n) is 12.2. The Morgan fingerprint density at radius 2 is 1.87 bits per heavy atom. The normalized spacial score (nSPS) is 17.3. The first kappa shape index (κ1) is 24.6. The maximum absolute atomic E-state index is 15.2. The molecule has 200 valence electrons. The van der Waals surface area contributed by atoms with Crippen LogP contribution in [0.15, 0.2) is 36.8 Å². The van der Waals surface area contributed by atoms with Crippen molar-refractivity contribution in [3.63, 3.8) is 0 Å². The van der Waals surface area contributed by atoms with Gasteiger partial charge in [0.2, 0.25) is 11.9 Å². The van der Waals surface area contributed by atoms with E-state index in [1.807, 2.05) is 0 Å². The van der Waals surface area contributed by atoms with Crippen molar-refractivity contribution in [3.05, 3.63) is 65.6 Å². The number of fused-ring (bicyclic) bond motifs is 2. The monoisotopic (exact) mass is 537 g/mol. The molecule has 0 bridgehead atoms. The lowest BCUT2D eigenvalue weighted by atomic mass is 10.1. The lowest BCUT2D eigenvalue weighted by molar-refractivity contribution is -0.125. The molecule has 1 atom stereocenters. The molecule has 0 aliphatic carbocycles. The number of rotatable bonds is 4. The molecule has 13 heteroatoms. The Kier molecular flexibility index (Phi) is 5.85. The Hall–Kier alpha value is -4.68. The summed E-state index contributed by atoms with van der Waals surface area (Å²) in [5.74, 6) is -2.80. The molecular formula is C26H22F3N7O3. The van der Waals surface area contributed by atoms with E-state index in [4.69, 9.17) is 4.74 Å². The molecule has 10 nitrogen and oxygen atoms in total. The van der Waals surface area contributed by atoms with Crippen molar-refractivity contribution in [2.45, 2.75) is 26.5 Å². The molecule has 4 aromatic rings. The van der Waals surface area contributed by atoms with Gasteiger partial charge in [-0.25, -0.2) is 28.1 Å². The number of halogens is 3. The van der Waals surface area contributed by atoms with Crippen molar-refractivity contribution in [3.8, 4) is 16.9 Å². The minimum Gasteiger partial charge on any atom is -0.476 e. The van der Waals surface area contributed by atoms with Crippen LogP contribution in [0.5, 0.6) is 5.75 Å². The van der Waals surface area contributed by atoms with E-state index < -0.39 is 29.5 Å². The van der Waals surface area contributed by atoms with Crippen molar-refractivity contribution < 1.29 is 27.5 Å². The van der Waals surface area contributed by atoms with Gasteiger partial charge >= 0.3 is 0 Å². The molecule has 1 N–H and O–H groups in total. The lowest BCUT2D eigenvalue weighted by Gasteiger charge is -2.33. The van der Waals surface area contributed by atoms with Crippen LogP contribution in [0.4, 0.5) is 24.8 Å². The second-order valence-electron chi connectivity index (χ2n) is 9.37. The zero-order valence-electron chi connectivity index (χ0n) is 20.9. The third-order valence-corrected chi connectivity index (χ3v) is 6.78. The summed E-state index contributed by atoms with van der Waals surface area (Å²) in [6.45, 7) is 4.26. The number of hydrogen-bond donors (Lipinski definition) is 1. The second-order valence-corrected chi connectivity index (χ2v) is 9.37. The minimum absolute atomic E-state index is 0.0392. The van der Waals surface area contributed by atoms with Gasteiger partial charge in [0.15, 0.2) is 17.7 Å². The van der Waals surface area contributed by atoms with Crippen LogP contribution >= 0.6 is 0 Å². The van der Waals surface area contributed by atoms with Gasteiger partial charge in [-0.05, 0) is 13.8 Å². The molecule has 1 fully saturated rings. The van der Waals surface area contributed by atoms with Crippen molar-refractivity contribution >= 4 is 29.1 Å². The van der Waals surface area contributed by atoms with Gasteiger partial charge in [0.25, 0.3) is 5.91 Å². The summed E-state index contributed by atoms with van der Waals surface area (Å²) in [6.07, 6.45) is 3.47. The van der Waals surface area contributed by atoms with Crippen molar-refractivity contribution in [1.29, 1.82) is 0 Å². The van der Waals surface area contributed by atoms with Gasteiger partial charge in [0.05, 0.1) is 30.2 Å². The first-order chi connectivity index (χ1) is 18.7. The topological polar surface area (TPSA) is 105 Å². The number of ether oxygens (including phenoxy) is 1. The first-order valence-corrected chi connectivity index (χ1v) is 12.2. The number of pyridine rings is 1. The minimum atomic E-state index is -0.994. The average molecular weight is 538 g/mol. The number of carbonyl (C=O) groups is 2. The zero-order chi connectivity index (χ0) is 27.4. The number of carbonyl (C=O) groups excluding carboxylic acids is 2. The number of benzene rings is 1. The van der Waals surface area contributed by atoms with Crippen LogP contribution in [0, 0.1) is 24.4 Å². The molecule has 2 amide bonds. The van der Waals surface area contributed by atoms with Gasteiger partial charge in [-0.3, -0.25) is 14.5 Å². The number of hydrogen-bond acceptors (Lipinski definition) is 7. The molecule has 0 saturated carbocycles. The number of anilines is 2. The predicted molar refractivity (Wildman–Crippen MR) is 134 cm³/mol. The van der Waals surface area contributed by atoms with E-state index in [9.17, 15) is 18.4 Å². The maximum atomic E-state index is 15.2. The number of nitrogens with zero attached hydrogens (tertiary/aromatic N) is 6. The fourth-order valence-electron chi connectivity index (χ4n) is 4.81. The largest absolute Gasteiger partial charge is 0.476 e. The smallest absolute Gasteiger partial charge is 0.268 e. The predicted octanol–water partition coefficient (Wildman–Crippen LogP) is 2.77. The van der Waals surface area contributed by atoms with Crippen LogP contribution in [0.3, 0.4) is 0 Å². The SMILES string of the molecule is Cc1nc2cc(F)c(-c3cnc(N4CCNC(=O)C4)nc3)cn2c1CN1C(=O)[C@@H](C)Oc2c(F)cc(F)cc21. The van der Waals surface area contributed by atoms with Crippen LogP contribution in [-0.4, -0.2) is 56.9 Å². The van der Waals surface area contributed by atoms with Crippen molar-refractivity contribution in [2.75, 3.05) is 29.4 Å². The maximum Gasteiger partial charge on any atom is 0.268 e. The van der Waals surface area contributed by atoms with Crippen LogP contribution in [0.2, 0.25) is 0 Å². The summed E-state index contributed by atoms with van der Waals surface area (Å²) in [6, 6.07) is 2.99. The van der Waals surface area contributed by atoms with Gasteiger partial charge in [-0.2, -0.15) is 0 Å². The molecule has 1 saturated heterocycles. The summed E-state index contributed by atoms with van der Waals surface area (Å²) >= 11 is 0. The molecule has 1 aromatic carbocycles. The highest BCUT2D eigenvalue weighted by molar-refractivity contribution is 5.99. The number of imidazole rings is 1. The van der Waals surface area contributed by atoms with Gasteiger partial charge in [0, 0.05) is 61.0 Å². The van der Waals surface area contributed by atoms with E-state index >= 15 is 4.39 Å². The Labute approximate surface area is 220 Å².